The molecule has 82 valence electrons. The average molecular weight is 236 g/mol. The van der Waals surface area contributed by atoms with E-state index < -0.39 is 11.6 Å². The SMILES string of the molecule is Fc1cc(F)c(-c2ccccc2)cc1CS. The maximum absolute atomic E-state index is 13.6. The summed E-state index contributed by atoms with van der Waals surface area (Å²) in [5.41, 5.74) is 1.55. The predicted octanol–water partition coefficient (Wildman–Crippen LogP) is 4.06. The molecule has 2 aromatic rings. The minimum absolute atomic E-state index is 0.256. The van der Waals surface area contributed by atoms with Gasteiger partial charge in [-0.3, -0.25) is 0 Å². The summed E-state index contributed by atoms with van der Waals surface area (Å²) < 4.78 is 26.8. The number of rotatable bonds is 2. The number of hydrogen-bond donors (Lipinski definition) is 1. The Bertz CT molecular complexity index is 495. The van der Waals surface area contributed by atoms with Gasteiger partial charge in [-0.2, -0.15) is 12.6 Å². The minimum atomic E-state index is -0.549. The molecular formula is C13H10F2S. The van der Waals surface area contributed by atoms with Crippen molar-refractivity contribution in [2.75, 3.05) is 0 Å². The molecule has 3 heteroatoms. The van der Waals surface area contributed by atoms with Crippen molar-refractivity contribution in [3.63, 3.8) is 0 Å². The van der Waals surface area contributed by atoms with Crippen molar-refractivity contribution in [3.8, 4) is 11.1 Å². The lowest BCUT2D eigenvalue weighted by atomic mass is 10.0. The van der Waals surface area contributed by atoms with Crippen LogP contribution in [0.2, 0.25) is 0 Å². The van der Waals surface area contributed by atoms with Crippen molar-refractivity contribution in [2.24, 2.45) is 0 Å². The van der Waals surface area contributed by atoms with Gasteiger partial charge in [0.15, 0.2) is 0 Å². The van der Waals surface area contributed by atoms with Crippen LogP contribution in [-0.2, 0) is 5.75 Å². The smallest absolute Gasteiger partial charge is 0.133 e. The van der Waals surface area contributed by atoms with Gasteiger partial charge in [-0.15, -0.1) is 0 Å². The van der Waals surface area contributed by atoms with E-state index in [0.29, 0.717) is 11.1 Å². The second-order valence-electron chi connectivity index (χ2n) is 3.45. The average Bonchev–Trinajstić information content (AvgIpc) is 2.30. The molecule has 0 atom stereocenters. The molecule has 2 aromatic carbocycles. The third-order valence-corrected chi connectivity index (χ3v) is 2.73. The molecule has 0 spiro atoms. The standard InChI is InChI=1S/C13H10F2S/c14-12-7-13(15)11(6-10(12)8-16)9-4-2-1-3-5-9/h1-7,16H,8H2. The summed E-state index contributed by atoms with van der Waals surface area (Å²) in [4.78, 5) is 0. The summed E-state index contributed by atoms with van der Waals surface area (Å²) in [5.74, 6) is -0.840. The molecule has 0 nitrogen and oxygen atoms in total. The normalized spacial score (nSPS) is 10.4. The maximum Gasteiger partial charge on any atom is 0.133 e. The van der Waals surface area contributed by atoms with Gasteiger partial charge in [0.05, 0.1) is 0 Å². The Kier molecular flexibility index (Phi) is 3.25. The zero-order chi connectivity index (χ0) is 11.5. The third kappa shape index (κ3) is 2.09. The highest BCUT2D eigenvalue weighted by Gasteiger charge is 2.10. The highest BCUT2D eigenvalue weighted by atomic mass is 32.1. The van der Waals surface area contributed by atoms with Crippen LogP contribution in [0.4, 0.5) is 8.78 Å². The lowest BCUT2D eigenvalue weighted by molar-refractivity contribution is 0.579. The predicted molar refractivity (Wildman–Crippen MR) is 64.5 cm³/mol. The quantitative estimate of drug-likeness (QED) is 0.747. The molecular weight excluding hydrogens is 226 g/mol. The summed E-state index contributed by atoms with van der Waals surface area (Å²) >= 11 is 4.01. The van der Waals surface area contributed by atoms with Crippen molar-refractivity contribution in [3.05, 3.63) is 59.7 Å². The van der Waals surface area contributed by atoms with Crippen LogP contribution < -0.4 is 0 Å². The molecule has 0 saturated heterocycles. The van der Waals surface area contributed by atoms with E-state index in [1.54, 1.807) is 12.1 Å². The van der Waals surface area contributed by atoms with Crippen LogP contribution in [0, 0.1) is 11.6 Å². The van der Waals surface area contributed by atoms with Crippen molar-refractivity contribution < 1.29 is 8.78 Å². The van der Waals surface area contributed by atoms with E-state index in [4.69, 9.17) is 0 Å². The van der Waals surface area contributed by atoms with E-state index in [1.165, 1.54) is 6.07 Å². The van der Waals surface area contributed by atoms with Gasteiger partial charge >= 0.3 is 0 Å². The Morgan fingerprint density at radius 1 is 0.938 bits per heavy atom. The highest BCUT2D eigenvalue weighted by Crippen LogP contribution is 2.26. The summed E-state index contributed by atoms with van der Waals surface area (Å²) in [6.07, 6.45) is 0. The van der Waals surface area contributed by atoms with E-state index in [-0.39, 0.29) is 5.75 Å². The van der Waals surface area contributed by atoms with Gasteiger partial charge in [0, 0.05) is 17.4 Å². The fraction of sp³-hybridized carbons (Fsp3) is 0.0769. The van der Waals surface area contributed by atoms with Crippen LogP contribution in [0.5, 0.6) is 0 Å². The van der Waals surface area contributed by atoms with Crippen LogP contribution in [0.3, 0.4) is 0 Å². The molecule has 0 radical (unpaired) electrons. The molecule has 0 saturated carbocycles. The second-order valence-corrected chi connectivity index (χ2v) is 3.76. The summed E-state index contributed by atoms with van der Waals surface area (Å²) in [7, 11) is 0. The van der Waals surface area contributed by atoms with Gasteiger partial charge in [-0.1, -0.05) is 30.3 Å². The Morgan fingerprint density at radius 2 is 1.62 bits per heavy atom. The van der Waals surface area contributed by atoms with Crippen molar-refractivity contribution in [1.29, 1.82) is 0 Å². The largest absolute Gasteiger partial charge is 0.207 e. The lowest BCUT2D eigenvalue weighted by Crippen LogP contribution is -1.92. The van der Waals surface area contributed by atoms with E-state index in [0.717, 1.165) is 11.6 Å². The molecule has 2 rings (SSSR count). The van der Waals surface area contributed by atoms with Crippen LogP contribution in [0.25, 0.3) is 11.1 Å². The van der Waals surface area contributed by atoms with Gasteiger partial charge in [0.1, 0.15) is 11.6 Å². The summed E-state index contributed by atoms with van der Waals surface area (Å²) in [6, 6.07) is 11.5. The monoisotopic (exact) mass is 236 g/mol. The molecule has 0 amide bonds. The Balaban J connectivity index is 2.57. The number of halogens is 2. The number of thiol groups is 1. The molecule has 0 aliphatic heterocycles. The van der Waals surface area contributed by atoms with Crippen LogP contribution in [-0.4, -0.2) is 0 Å². The van der Waals surface area contributed by atoms with Gasteiger partial charge in [0.2, 0.25) is 0 Å². The fourth-order valence-corrected chi connectivity index (χ4v) is 1.80. The molecule has 0 bridgehead atoms. The maximum atomic E-state index is 13.6. The molecule has 0 fully saturated rings. The lowest BCUT2D eigenvalue weighted by Gasteiger charge is -2.06. The van der Waals surface area contributed by atoms with Crippen LogP contribution in [0.1, 0.15) is 5.56 Å². The molecule has 0 aliphatic carbocycles. The first kappa shape index (κ1) is 11.1. The first-order valence-corrected chi connectivity index (χ1v) is 5.50. The van der Waals surface area contributed by atoms with E-state index in [9.17, 15) is 8.78 Å². The van der Waals surface area contributed by atoms with Gasteiger partial charge in [-0.25, -0.2) is 8.78 Å². The fourth-order valence-electron chi connectivity index (χ4n) is 1.55. The first-order valence-electron chi connectivity index (χ1n) is 4.86. The van der Waals surface area contributed by atoms with Crippen molar-refractivity contribution in [1.82, 2.24) is 0 Å². The molecule has 0 unspecified atom stereocenters. The van der Waals surface area contributed by atoms with E-state index in [2.05, 4.69) is 12.6 Å². The molecule has 0 aliphatic rings. The van der Waals surface area contributed by atoms with E-state index >= 15 is 0 Å². The zero-order valence-electron chi connectivity index (χ0n) is 8.45. The van der Waals surface area contributed by atoms with E-state index in [1.807, 2.05) is 18.2 Å². The summed E-state index contributed by atoms with van der Waals surface area (Å²) in [6.45, 7) is 0. The molecule has 0 N–H and O–H groups in total. The zero-order valence-corrected chi connectivity index (χ0v) is 9.35. The Labute approximate surface area is 98.3 Å². The Hall–Kier alpha value is -1.35. The summed E-state index contributed by atoms with van der Waals surface area (Å²) in [5, 5.41) is 0. The van der Waals surface area contributed by atoms with Crippen molar-refractivity contribution in [2.45, 2.75) is 5.75 Å². The van der Waals surface area contributed by atoms with Crippen LogP contribution in [0.15, 0.2) is 42.5 Å². The second kappa shape index (κ2) is 4.66. The molecule has 16 heavy (non-hydrogen) atoms. The molecule has 0 aromatic heterocycles. The first-order chi connectivity index (χ1) is 7.72. The van der Waals surface area contributed by atoms with Crippen LogP contribution >= 0.6 is 12.6 Å². The molecule has 0 heterocycles. The Morgan fingerprint density at radius 3 is 2.25 bits per heavy atom. The third-order valence-electron chi connectivity index (χ3n) is 2.39. The number of benzene rings is 2. The van der Waals surface area contributed by atoms with Crippen molar-refractivity contribution >= 4 is 12.6 Å². The highest BCUT2D eigenvalue weighted by molar-refractivity contribution is 7.79. The van der Waals surface area contributed by atoms with Gasteiger partial charge in [0.25, 0.3) is 0 Å². The van der Waals surface area contributed by atoms with Gasteiger partial charge in [-0.05, 0) is 17.2 Å². The minimum Gasteiger partial charge on any atom is -0.207 e. The number of hydrogen-bond acceptors (Lipinski definition) is 1. The van der Waals surface area contributed by atoms with Gasteiger partial charge < -0.3 is 0 Å². The topological polar surface area (TPSA) is 0 Å².